The molecule has 1 saturated heterocycles. The van der Waals surface area contributed by atoms with Crippen LogP contribution in [-0.2, 0) is 31.5 Å². The zero-order valence-electron chi connectivity index (χ0n) is 32.7. The van der Waals surface area contributed by atoms with Crippen LogP contribution in [0.15, 0.2) is 67.3 Å². The van der Waals surface area contributed by atoms with Crippen LogP contribution in [0.3, 0.4) is 0 Å². The van der Waals surface area contributed by atoms with Gasteiger partial charge in [0.2, 0.25) is 0 Å². The van der Waals surface area contributed by atoms with Crippen molar-refractivity contribution in [2.24, 2.45) is 29.6 Å². The summed E-state index contributed by atoms with van der Waals surface area (Å²) in [5.41, 5.74) is 2.26. The van der Waals surface area contributed by atoms with E-state index < -0.39 is 14.7 Å². The number of aliphatic hydroxyl groups excluding tert-OH is 1. The van der Waals surface area contributed by atoms with Gasteiger partial charge >= 0.3 is 8.56 Å². The zero-order chi connectivity index (χ0) is 36.6. The Morgan fingerprint density at radius 1 is 0.816 bits per heavy atom. The molecule has 2 aromatic carbocycles. The fraction of sp³-hybridized carbons (Fsp3) is 0.667. The van der Waals surface area contributed by atoms with E-state index >= 15 is 0 Å². The van der Waals surface area contributed by atoms with E-state index in [1.807, 2.05) is 43.3 Å². The van der Waals surface area contributed by atoms with Gasteiger partial charge in [-0.05, 0) is 42.0 Å². The van der Waals surface area contributed by atoms with Gasteiger partial charge in [-0.15, -0.1) is 6.58 Å². The van der Waals surface area contributed by atoms with E-state index in [2.05, 4.69) is 100 Å². The Kier molecular flexibility index (Phi) is 15.2. The molecule has 0 saturated carbocycles. The average Bonchev–Trinajstić information content (AvgIpc) is 3.06. The van der Waals surface area contributed by atoms with Gasteiger partial charge in [-0.1, -0.05) is 125 Å². The van der Waals surface area contributed by atoms with Crippen LogP contribution in [0.2, 0.25) is 10.1 Å². The Morgan fingerprint density at radius 2 is 1.37 bits per heavy atom. The summed E-state index contributed by atoms with van der Waals surface area (Å²) in [5, 5.41) is 11.0. The Labute approximate surface area is 300 Å². The molecule has 1 aliphatic rings. The largest absolute Gasteiger partial charge is 0.497 e. The van der Waals surface area contributed by atoms with Crippen molar-refractivity contribution in [3.63, 3.8) is 0 Å². The van der Waals surface area contributed by atoms with Crippen molar-refractivity contribution in [2.45, 2.75) is 137 Å². The van der Waals surface area contributed by atoms with Crippen LogP contribution in [-0.4, -0.2) is 51.8 Å². The maximum Gasteiger partial charge on any atom is 0.349 e. The molecule has 0 spiro atoms. The van der Waals surface area contributed by atoms with Gasteiger partial charge in [0, 0.05) is 33.7 Å². The van der Waals surface area contributed by atoms with Gasteiger partial charge in [0.1, 0.15) is 5.75 Å². The topological polar surface area (TPSA) is 66.4 Å². The lowest BCUT2D eigenvalue weighted by molar-refractivity contribution is -0.115. The molecular formula is C42H68O6Si. The Balaban J connectivity index is 1.84. The number of ether oxygens (including phenoxy) is 3. The molecular weight excluding hydrogens is 629 g/mol. The molecule has 1 N–H and O–H groups in total. The highest BCUT2D eigenvalue weighted by Gasteiger charge is 2.64. The lowest BCUT2D eigenvalue weighted by atomic mass is 9.81. The molecule has 276 valence electrons. The van der Waals surface area contributed by atoms with Crippen LogP contribution in [0.4, 0.5) is 0 Å². The van der Waals surface area contributed by atoms with E-state index in [0.29, 0.717) is 19.8 Å². The molecule has 49 heavy (non-hydrogen) atoms. The predicted octanol–water partition coefficient (Wildman–Crippen LogP) is 10.1. The number of hydrogen-bond donors (Lipinski definition) is 1. The third-order valence-electron chi connectivity index (χ3n) is 10.8. The first kappa shape index (κ1) is 41.4. The second-order valence-electron chi connectivity index (χ2n) is 16.8. The van der Waals surface area contributed by atoms with Crippen LogP contribution in [0, 0.1) is 29.6 Å². The predicted molar refractivity (Wildman–Crippen MR) is 204 cm³/mol. The molecule has 0 unspecified atom stereocenters. The van der Waals surface area contributed by atoms with Crippen molar-refractivity contribution >= 4 is 8.56 Å². The highest BCUT2D eigenvalue weighted by atomic mass is 28.4. The number of aliphatic hydroxyl groups is 1. The van der Waals surface area contributed by atoms with Gasteiger partial charge in [-0.3, -0.25) is 0 Å². The summed E-state index contributed by atoms with van der Waals surface area (Å²) in [6.07, 6.45) is 2.91. The first-order chi connectivity index (χ1) is 23.0. The first-order valence-electron chi connectivity index (χ1n) is 18.5. The van der Waals surface area contributed by atoms with Crippen LogP contribution in [0.1, 0.15) is 100 Å². The second kappa shape index (κ2) is 18.0. The molecule has 0 bridgehead atoms. The highest BCUT2D eigenvalue weighted by molar-refractivity contribution is 6.73. The number of rotatable bonds is 17. The molecule has 0 radical (unpaired) electrons. The fourth-order valence-corrected chi connectivity index (χ4v) is 13.2. The minimum absolute atomic E-state index is 0.0124. The number of hydrogen-bond acceptors (Lipinski definition) is 6. The average molecular weight is 697 g/mol. The van der Waals surface area contributed by atoms with E-state index in [4.69, 9.17) is 23.1 Å². The lowest BCUT2D eigenvalue weighted by Crippen LogP contribution is -2.67. The van der Waals surface area contributed by atoms with Gasteiger partial charge in [0.05, 0.1) is 51.3 Å². The monoisotopic (exact) mass is 696 g/mol. The van der Waals surface area contributed by atoms with Gasteiger partial charge in [0.15, 0.2) is 0 Å². The molecule has 1 aliphatic heterocycles. The summed E-state index contributed by atoms with van der Waals surface area (Å²) < 4.78 is 33.1. The van der Waals surface area contributed by atoms with Crippen molar-refractivity contribution in [3.8, 4) is 5.75 Å². The molecule has 1 heterocycles. The Bertz CT molecular complexity index is 1240. The first-order valence-corrected chi connectivity index (χ1v) is 20.3. The standard InChI is InChI=1S/C42H68O6Si/c1-14-29(2)38(43)32(5)37(46-28-35-21-23-36(44-13)24-22-35)25-20-30(3)39-33(6)40(31(4)26-45-27-34-18-16-15-17-19-34)48-49(47-39,41(7,8)9)42(10,11)12/h14-19,21-24,29-33,37-40,43H,1,20,25-28H2,2-13H3/t29-,30-,31-,32-,33-,37-,38-,39-,40-/m0/s1. The molecule has 7 heteroatoms. The molecule has 6 nitrogen and oxygen atoms in total. The van der Waals surface area contributed by atoms with E-state index in [1.165, 1.54) is 5.56 Å². The molecule has 2 aromatic rings. The van der Waals surface area contributed by atoms with Crippen molar-refractivity contribution in [2.75, 3.05) is 13.7 Å². The molecule has 3 rings (SSSR count). The second-order valence-corrected chi connectivity index (χ2v) is 21.5. The third-order valence-corrected chi connectivity index (χ3v) is 16.0. The van der Waals surface area contributed by atoms with Gasteiger partial charge in [0.25, 0.3) is 0 Å². The highest BCUT2D eigenvalue weighted by Crippen LogP contribution is 2.57. The van der Waals surface area contributed by atoms with Crippen molar-refractivity contribution < 1.29 is 28.2 Å². The van der Waals surface area contributed by atoms with Crippen LogP contribution in [0.5, 0.6) is 5.75 Å². The lowest BCUT2D eigenvalue weighted by Gasteiger charge is -2.59. The van der Waals surface area contributed by atoms with E-state index in [0.717, 1.165) is 24.2 Å². The SMILES string of the molecule is C=C[C@H](C)[C@H](O)[C@@H](C)[C@H](CC[C@H](C)[C@@H]1O[Si](C(C)(C)C)(C(C)(C)C)O[C@@H]([C@@H](C)COCc2ccccc2)[C@H]1C)OCc1ccc(OC)cc1. The van der Waals surface area contributed by atoms with Gasteiger partial charge in [-0.25, -0.2) is 0 Å². The summed E-state index contributed by atoms with van der Waals surface area (Å²) in [7, 11) is -1.14. The maximum atomic E-state index is 11.2. The minimum atomic E-state index is -2.81. The van der Waals surface area contributed by atoms with E-state index in [9.17, 15) is 5.11 Å². The summed E-state index contributed by atoms with van der Waals surface area (Å²) in [6.45, 7) is 30.4. The van der Waals surface area contributed by atoms with Gasteiger partial charge < -0.3 is 28.2 Å². The van der Waals surface area contributed by atoms with Crippen molar-refractivity contribution in [3.05, 3.63) is 78.4 Å². The van der Waals surface area contributed by atoms with Gasteiger partial charge in [-0.2, -0.15) is 0 Å². The maximum absolute atomic E-state index is 11.2. The minimum Gasteiger partial charge on any atom is -0.497 e. The Hall–Kier alpha value is -2.00. The van der Waals surface area contributed by atoms with Crippen LogP contribution >= 0.6 is 0 Å². The molecule has 9 atom stereocenters. The van der Waals surface area contributed by atoms with Crippen molar-refractivity contribution in [1.29, 1.82) is 0 Å². The Morgan fingerprint density at radius 3 is 1.90 bits per heavy atom. The summed E-state index contributed by atoms with van der Waals surface area (Å²) in [5.74, 6) is 1.35. The number of methoxy groups -OCH3 is 1. The molecule has 0 amide bonds. The fourth-order valence-electron chi connectivity index (χ4n) is 7.80. The summed E-state index contributed by atoms with van der Waals surface area (Å²) in [4.78, 5) is 0. The van der Waals surface area contributed by atoms with E-state index in [1.54, 1.807) is 7.11 Å². The summed E-state index contributed by atoms with van der Waals surface area (Å²) in [6, 6.07) is 18.4. The quantitative estimate of drug-likeness (QED) is 0.131. The molecule has 1 fully saturated rings. The number of benzene rings is 2. The van der Waals surface area contributed by atoms with Crippen LogP contribution < -0.4 is 4.74 Å². The molecule has 0 aliphatic carbocycles. The third kappa shape index (κ3) is 10.5. The van der Waals surface area contributed by atoms with Crippen LogP contribution in [0.25, 0.3) is 0 Å². The smallest absolute Gasteiger partial charge is 0.349 e. The summed E-state index contributed by atoms with van der Waals surface area (Å²) >= 11 is 0. The van der Waals surface area contributed by atoms with Crippen molar-refractivity contribution in [1.82, 2.24) is 0 Å². The molecule has 0 aromatic heterocycles. The van der Waals surface area contributed by atoms with E-state index in [-0.39, 0.29) is 58.0 Å². The normalized spacial score (nSPS) is 23.6. The zero-order valence-corrected chi connectivity index (χ0v) is 33.7.